The van der Waals surface area contributed by atoms with Crippen molar-refractivity contribution in [1.29, 1.82) is 0 Å². The van der Waals surface area contributed by atoms with Gasteiger partial charge in [0.2, 0.25) is 5.91 Å². The van der Waals surface area contributed by atoms with Crippen molar-refractivity contribution in [3.8, 4) is 0 Å². The highest BCUT2D eigenvalue weighted by molar-refractivity contribution is 5.95. The number of nitrogens with one attached hydrogen (secondary N) is 2. The molecule has 0 aromatic rings. The normalized spacial score (nSPS) is 12.6. The maximum atomic E-state index is 11.4. The summed E-state index contributed by atoms with van der Waals surface area (Å²) in [4.78, 5) is 24.4. The van der Waals surface area contributed by atoms with Crippen LogP contribution in [-0.2, 0) is 4.79 Å². The van der Waals surface area contributed by atoms with Crippen molar-refractivity contribution in [2.75, 3.05) is 26.7 Å². The van der Waals surface area contributed by atoms with Crippen LogP contribution >= 0.6 is 0 Å². The zero-order valence-corrected chi connectivity index (χ0v) is 11.7. The van der Waals surface area contributed by atoms with Crippen LogP contribution in [0.1, 0.15) is 27.2 Å². The van der Waals surface area contributed by atoms with E-state index in [1.54, 1.807) is 18.9 Å². The first-order valence-corrected chi connectivity index (χ1v) is 6.25. The lowest BCUT2D eigenvalue weighted by Crippen LogP contribution is -2.45. The van der Waals surface area contributed by atoms with Crippen LogP contribution in [0.25, 0.3) is 0 Å². The lowest BCUT2D eigenvalue weighted by atomic mass is 10.1. The highest BCUT2D eigenvalue weighted by Gasteiger charge is 2.11. The number of carbonyl (C=O) groups excluding carboxylic acids is 2. The molecule has 0 spiro atoms. The van der Waals surface area contributed by atoms with Crippen molar-refractivity contribution in [3.05, 3.63) is 0 Å². The number of nitrogens with zero attached hydrogens (tertiary/aromatic N) is 1. The van der Waals surface area contributed by atoms with Gasteiger partial charge in [-0.25, -0.2) is 4.79 Å². The van der Waals surface area contributed by atoms with Gasteiger partial charge in [0, 0.05) is 13.1 Å². The van der Waals surface area contributed by atoms with Crippen LogP contribution in [0.5, 0.6) is 0 Å². The fraction of sp³-hybridized carbons (Fsp3) is 0.833. The summed E-state index contributed by atoms with van der Waals surface area (Å²) in [6.07, 6.45) is 0.381. The number of carbonyl (C=O) groups is 2. The number of likely N-dealkylation sites (N-methyl/N-ethyl adjacent to an activating group) is 1. The van der Waals surface area contributed by atoms with Crippen LogP contribution in [-0.4, -0.2) is 54.7 Å². The zero-order valence-electron chi connectivity index (χ0n) is 11.7. The van der Waals surface area contributed by atoms with Gasteiger partial charge >= 0.3 is 6.03 Å². The van der Waals surface area contributed by atoms with Crippen molar-refractivity contribution >= 4 is 11.9 Å². The van der Waals surface area contributed by atoms with E-state index in [0.29, 0.717) is 19.0 Å². The van der Waals surface area contributed by atoms with Gasteiger partial charge in [0.1, 0.15) is 0 Å². The van der Waals surface area contributed by atoms with Crippen LogP contribution in [0.15, 0.2) is 0 Å². The fourth-order valence-corrected chi connectivity index (χ4v) is 1.45. The molecule has 1 atom stereocenters. The average molecular weight is 259 g/mol. The van der Waals surface area contributed by atoms with Gasteiger partial charge in [-0.1, -0.05) is 13.8 Å². The van der Waals surface area contributed by atoms with E-state index >= 15 is 0 Å². The molecule has 106 valence electrons. The molecular formula is C12H25N3O3. The highest BCUT2D eigenvalue weighted by atomic mass is 16.3. The summed E-state index contributed by atoms with van der Waals surface area (Å²) >= 11 is 0. The van der Waals surface area contributed by atoms with Gasteiger partial charge in [-0.3, -0.25) is 15.0 Å². The third-order valence-electron chi connectivity index (χ3n) is 2.25. The summed E-state index contributed by atoms with van der Waals surface area (Å²) in [6, 6.07) is -0.467. The molecule has 0 heterocycles. The van der Waals surface area contributed by atoms with Crippen molar-refractivity contribution in [2.24, 2.45) is 5.92 Å². The Hall–Kier alpha value is -1.14. The molecule has 0 fully saturated rings. The predicted octanol–water partition coefficient (Wildman–Crippen LogP) is 0.171. The summed E-state index contributed by atoms with van der Waals surface area (Å²) in [5.74, 6) is 0.137. The van der Waals surface area contributed by atoms with Crippen molar-refractivity contribution < 1.29 is 14.7 Å². The third kappa shape index (κ3) is 10.0. The van der Waals surface area contributed by atoms with E-state index in [1.807, 2.05) is 0 Å². The standard InChI is InChI=1S/C12H25N3O3/c1-9(2)5-6-13-12(18)14-11(17)8-15(4)7-10(3)16/h9-10,16H,5-8H2,1-4H3,(H2,13,14,17,18). The van der Waals surface area contributed by atoms with Crippen LogP contribution in [0, 0.1) is 5.92 Å². The lowest BCUT2D eigenvalue weighted by molar-refractivity contribution is -0.121. The maximum Gasteiger partial charge on any atom is 0.321 e. The molecule has 0 aliphatic carbocycles. The fourth-order valence-electron chi connectivity index (χ4n) is 1.45. The van der Waals surface area contributed by atoms with Crippen LogP contribution in [0.4, 0.5) is 4.79 Å². The second-order valence-electron chi connectivity index (χ2n) is 5.03. The first-order chi connectivity index (χ1) is 8.31. The van der Waals surface area contributed by atoms with Crippen molar-refractivity contribution in [2.45, 2.75) is 33.3 Å². The molecule has 0 rings (SSSR count). The number of rotatable bonds is 7. The minimum atomic E-state index is -0.498. The Balaban J connectivity index is 3.76. The molecule has 0 aliphatic rings. The Labute approximate surface area is 109 Å². The lowest BCUT2D eigenvalue weighted by Gasteiger charge is -2.17. The van der Waals surface area contributed by atoms with Crippen molar-refractivity contribution in [3.63, 3.8) is 0 Å². The second-order valence-corrected chi connectivity index (χ2v) is 5.03. The van der Waals surface area contributed by atoms with Gasteiger partial charge < -0.3 is 10.4 Å². The molecule has 0 saturated carbocycles. The molecule has 0 aromatic heterocycles. The van der Waals surface area contributed by atoms with Crippen LogP contribution < -0.4 is 10.6 Å². The van der Waals surface area contributed by atoms with Crippen LogP contribution in [0.2, 0.25) is 0 Å². The molecule has 6 nitrogen and oxygen atoms in total. The van der Waals surface area contributed by atoms with E-state index in [0.717, 1.165) is 6.42 Å². The number of aliphatic hydroxyl groups excluding tert-OH is 1. The Morgan fingerprint density at radius 2 is 1.89 bits per heavy atom. The molecule has 18 heavy (non-hydrogen) atoms. The maximum absolute atomic E-state index is 11.4. The summed E-state index contributed by atoms with van der Waals surface area (Å²) in [5.41, 5.74) is 0. The number of hydrogen-bond donors (Lipinski definition) is 3. The number of hydrogen-bond acceptors (Lipinski definition) is 4. The summed E-state index contributed by atoms with van der Waals surface area (Å²) in [7, 11) is 1.71. The summed E-state index contributed by atoms with van der Waals surface area (Å²) < 4.78 is 0. The largest absolute Gasteiger partial charge is 0.392 e. The Kier molecular flexibility index (Phi) is 8.32. The van der Waals surface area contributed by atoms with E-state index in [9.17, 15) is 9.59 Å². The first-order valence-electron chi connectivity index (χ1n) is 6.25. The monoisotopic (exact) mass is 259 g/mol. The van der Waals surface area contributed by atoms with E-state index in [1.165, 1.54) is 0 Å². The summed E-state index contributed by atoms with van der Waals surface area (Å²) in [5, 5.41) is 14.0. The van der Waals surface area contributed by atoms with E-state index in [2.05, 4.69) is 24.5 Å². The molecule has 0 bridgehead atoms. The molecule has 1 unspecified atom stereocenters. The van der Waals surface area contributed by atoms with Gasteiger partial charge in [0.25, 0.3) is 0 Å². The molecule has 0 radical (unpaired) electrons. The van der Waals surface area contributed by atoms with Gasteiger partial charge in [0.15, 0.2) is 0 Å². The molecule has 0 aliphatic heterocycles. The summed E-state index contributed by atoms with van der Waals surface area (Å²) in [6.45, 7) is 6.81. The Bertz CT molecular complexity index is 267. The highest BCUT2D eigenvalue weighted by Crippen LogP contribution is 1.95. The van der Waals surface area contributed by atoms with Crippen molar-refractivity contribution in [1.82, 2.24) is 15.5 Å². The molecule has 6 heteroatoms. The Morgan fingerprint density at radius 1 is 1.28 bits per heavy atom. The topological polar surface area (TPSA) is 81.7 Å². The van der Waals surface area contributed by atoms with Gasteiger partial charge in [-0.15, -0.1) is 0 Å². The zero-order chi connectivity index (χ0) is 14.1. The van der Waals surface area contributed by atoms with Gasteiger partial charge in [0.05, 0.1) is 12.6 Å². The van der Waals surface area contributed by atoms with Crippen LogP contribution in [0.3, 0.4) is 0 Å². The molecule has 3 N–H and O–H groups in total. The molecular weight excluding hydrogens is 234 g/mol. The van der Waals surface area contributed by atoms with Gasteiger partial charge in [-0.2, -0.15) is 0 Å². The first kappa shape index (κ1) is 16.9. The number of urea groups is 1. The SMILES string of the molecule is CC(C)CCNC(=O)NC(=O)CN(C)CC(C)O. The quantitative estimate of drug-likeness (QED) is 0.609. The molecule has 3 amide bonds. The average Bonchev–Trinajstić information content (AvgIpc) is 2.14. The smallest absolute Gasteiger partial charge is 0.321 e. The minimum absolute atomic E-state index is 0.0858. The second kappa shape index (κ2) is 8.88. The van der Waals surface area contributed by atoms with Gasteiger partial charge in [-0.05, 0) is 26.3 Å². The molecule has 0 aromatic carbocycles. The third-order valence-corrected chi connectivity index (χ3v) is 2.25. The number of imide groups is 1. The predicted molar refractivity (Wildman–Crippen MR) is 70.2 cm³/mol. The van der Waals surface area contributed by atoms with E-state index in [4.69, 9.17) is 5.11 Å². The van der Waals surface area contributed by atoms with E-state index < -0.39 is 12.1 Å². The van der Waals surface area contributed by atoms with E-state index in [-0.39, 0.29) is 12.5 Å². The Morgan fingerprint density at radius 3 is 2.39 bits per heavy atom. The minimum Gasteiger partial charge on any atom is -0.392 e. The molecule has 0 saturated heterocycles. The number of amides is 3. The number of aliphatic hydroxyl groups is 1.